The van der Waals surface area contributed by atoms with E-state index in [9.17, 15) is 9.18 Å². The first-order valence-corrected chi connectivity index (χ1v) is 8.78. The van der Waals surface area contributed by atoms with Gasteiger partial charge in [0.15, 0.2) is 0 Å². The number of aryl methyl sites for hydroxylation is 1. The zero-order chi connectivity index (χ0) is 18.2. The molecule has 0 radical (unpaired) electrons. The Kier molecular flexibility index (Phi) is 7.14. The van der Waals surface area contributed by atoms with Crippen LogP contribution < -0.4 is 10.6 Å². The Balaban J connectivity index is 2.04. The van der Waals surface area contributed by atoms with Crippen molar-refractivity contribution in [2.75, 3.05) is 13.6 Å². The summed E-state index contributed by atoms with van der Waals surface area (Å²) in [4.78, 5) is 11.8. The SMILES string of the molecule is CNC(C)C(=O)NCCCC(c1ccc(C)cc1)c1ccc(F)cc1. The van der Waals surface area contributed by atoms with Crippen molar-refractivity contribution in [3.63, 3.8) is 0 Å². The molecule has 4 heteroatoms. The Morgan fingerprint density at radius 2 is 1.60 bits per heavy atom. The molecule has 0 aromatic heterocycles. The lowest BCUT2D eigenvalue weighted by Gasteiger charge is -2.19. The van der Waals surface area contributed by atoms with Crippen molar-refractivity contribution in [2.24, 2.45) is 0 Å². The molecule has 3 nitrogen and oxygen atoms in total. The number of carbonyl (C=O) groups excluding carboxylic acids is 1. The minimum absolute atomic E-state index is 0.0103. The maximum atomic E-state index is 13.3. The second-order valence-corrected chi connectivity index (χ2v) is 6.46. The number of rotatable bonds is 8. The van der Waals surface area contributed by atoms with E-state index in [1.807, 2.05) is 19.1 Å². The van der Waals surface area contributed by atoms with Crippen LogP contribution >= 0.6 is 0 Å². The highest BCUT2D eigenvalue weighted by Crippen LogP contribution is 2.29. The summed E-state index contributed by atoms with van der Waals surface area (Å²) in [5.41, 5.74) is 3.53. The van der Waals surface area contributed by atoms with Crippen LogP contribution in [0.5, 0.6) is 0 Å². The average Bonchev–Trinajstić information content (AvgIpc) is 2.63. The second kappa shape index (κ2) is 9.33. The fourth-order valence-electron chi connectivity index (χ4n) is 2.82. The van der Waals surface area contributed by atoms with Gasteiger partial charge >= 0.3 is 0 Å². The Hall–Kier alpha value is -2.20. The van der Waals surface area contributed by atoms with Gasteiger partial charge in [-0.2, -0.15) is 0 Å². The fraction of sp³-hybridized carbons (Fsp3) is 0.381. The largest absolute Gasteiger partial charge is 0.355 e. The van der Waals surface area contributed by atoms with E-state index >= 15 is 0 Å². The molecule has 2 aromatic rings. The fourth-order valence-corrected chi connectivity index (χ4v) is 2.82. The summed E-state index contributed by atoms with van der Waals surface area (Å²) in [5.74, 6) is -0.0179. The molecule has 0 heterocycles. The van der Waals surface area contributed by atoms with Gasteiger partial charge in [-0.3, -0.25) is 4.79 Å². The minimum atomic E-state index is -0.222. The quantitative estimate of drug-likeness (QED) is 0.717. The topological polar surface area (TPSA) is 41.1 Å². The first-order valence-electron chi connectivity index (χ1n) is 8.78. The lowest BCUT2D eigenvalue weighted by Crippen LogP contribution is -2.40. The van der Waals surface area contributed by atoms with Crippen molar-refractivity contribution in [2.45, 2.75) is 38.6 Å². The summed E-state index contributed by atoms with van der Waals surface area (Å²) in [5, 5.41) is 5.88. The van der Waals surface area contributed by atoms with Gasteiger partial charge in [0.1, 0.15) is 5.82 Å². The van der Waals surface area contributed by atoms with Gasteiger partial charge in [-0.05, 0) is 57.0 Å². The third-order valence-corrected chi connectivity index (χ3v) is 4.55. The maximum Gasteiger partial charge on any atom is 0.236 e. The van der Waals surface area contributed by atoms with E-state index in [0.717, 1.165) is 18.4 Å². The van der Waals surface area contributed by atoms with Crippen LogP contribution in [0.4, 0.5) is 4.39 Å². The van der Waals surface area contributed by atoms with Crippen molar-refractivity contribution in [1.29, 1.82) is 0 Å². The van der Waals surface area contributed by atoms with Gasteiger partial charge in [0, 0.05) is 12.5 Å². The van der Waals surface area contributed by atoms with Gasteiger partial charge in [-0.25, -0.2) is 4.39 Å². The van der Waals surface area contributed by atoms with Crippen LogP contribution in [-0.4, -0.2) is 25.5 Å². The first-order chi connectivity index (χ1) is 12.0. The Morgan fingerprint density at radius 3 is 2.16 bits per heavy atom. The van der Waals surface area contributed by atoms with Crippen molar-refractivity contribution < 1.29 is 9.18 Å². The van der Waals surface area contributed by atoms with E-state index < -0.39 is 0 Å². The monoisotopic (exact) mass is 342 g/mol. The molecule has 134 valence electrons. The summed E-state index contributed by atoms with van der Waals surface area (Å²) in [6, 6.07) is 15.0. The second-order valence-electron chi connectivity index (χ2n) is 6.46. The molecule has 0 saturated heterocycles. The summed E-state index contributed by atoms with van der Waals surface area (Å²) >= 11 is 0. The van der Waals surface area contributed by atoms with Gasteiger partial charge in [0.05, 0.1) is 6.04 Å². The van der Waals surface area contributed by atoms with Crippen LogP contribution in [0.3, 0.4) is 0 Å². The van der Waals surface area contributed by atoms with Crippen molar-refractivity contribution in [1.82, 2.24) is 10.6 Å². The van der Waals surface area contributed by atoms with Crippen molar-refractivity contribution >= 4 is 5.91 Å². The molecule has 2 atom stereocenters. The van der Waals surface area contributed by atoms with Crippen LogP contribution in [0.1, 0.15) is 42.4 Å². The summed E-state index contributed by atoms with van der Waals surface area (Å²) in [6.45, 7) is 4.53. The molecule has 0 fully saturated rings. The predicted octanol–water partition coefficient (Wildman–Crippen LogP) is 3.77. The van der Waals surface area contributed by atoms with E-state index in [2.05, 4.69) is 41.8 Å². The van der Waals surface area contributed by atoms with Crippen LogP contribution in [-0.2, 0) is 4.79 Å². The molecule has 0 spiro atoms. The van der Waals surface area contributed by atoms with E-state index in [-0.39, 0.29) is 23.7 Å². The number of benzene rings is 2. The summed E-state index contributed by atoms with van der Waals surface area (Å²) < 4.78 is 13.3. The maximum absolute atomic E-state index is 13.3. The average molecular weight is 342 g/mol. The predicted molar refractivity (Wildman–Crippen MR) is 100 cm³/mol. The Labute approximate surface area is 149 Å². The number of hydrogen-bond acceptors (Lipinski definition) is 2. The number of halogens is 1. The Morgan fingerprint density at radius 1 is 1.04 bits per heavy atom. The zero-order valence-corrected chi connectivity index (χ0v) is 15.2. The number of nitrogens with one attached hydrogen (secondary N) is 2. The normalized spacial score (nSPS) is 13.3. The van der Waals surface area contributed by atoms with Gasteiger partial charge in [-0.15, -0.1) is 0 Å². The van der Waals surface area contributed by atoms with Gasteiger partial charge in [0.2, 0.25) is 5.91 Å². The Bertz CT molecular complexity index is 622. The van der Waals surface area contributed by atoms with E-state index in [1.54, 1.807) is 7.05 Å². The van der Waals surface area contributed by atoms with Gasteiger partial charge in [0.25, 0.3) is 0 Å². The standard InChI is InChI=1S/C21H27FN2O/c1-15-6-8-17(9-7-15)20(18-10-12-19(22)13-11-18)5-4-14-24-21(25)16(2)23-3/h6-13,16,20,23H,4-5,14H2,1-3H3,(H,24,25). The molecule has 2 unspecified atom stereocenters. The molecule has 2 N–H and O–H groups in total. The molecule has 25 heavy (non-hydrogen) atoms. The third-order valence-electron chi connectivity index (χ3n) is 4.55. The van der Waals surface area contributed by atoms with E-state index in [0.29, 0.717) is 6.54 Å². The van der Waals surface area contributed by atoms with Crippen LogP contribution in [0.15, 0.2) is 48.5 Å². The highest BCUT2D eigenvalue weighted by Gasteiger charge is 2.15. The molecular formula is C21H27FN2O. The molecule has 0 saturated carbocycles. The van der Waals surface area contributed by atoms with Crippen molar-refractivity contribution in [3.05, 3.63) is 71.0 Å². The summed E-state index contributed by atoms with van der Waals surface area (Å²) in [6.07, 6.45) is 1.75. The van der Waals surface area contributed by atoms with E-state index in [4.69, 9.17) is 0 Å². The van der Waals surface area contributed by atoms with Crippen LogP contribution in [0, 0.1) is 12.7 Å². The van der Waals surface area contributed by atoms with Crippen LogP contribution in [0.25, 0.3) is 0 Å². The lowest BCUT2D eigenvalue weighted by atomic mass is 9.87. The minimum Gasteiger partial charge on any atom is -0.355 e. The molecule has 1 amide bonds. The molecular weight excluding hydrogens is 315 g/mol. The number of hydrogen-bond donors (Lipinski definition) is 2. The molecule has 0 aliphatic heterocycles. The molecule has 2 aromatic carbocycles. The smallest absolute Gasteiger partial charge is 0.236 e. The first kappa shape index (κ1) is 19.1. The number of carbonyl (C=O) groups is 1. The lowest BCUT2D eigenvalue weighted by molar-refractivity contribution is -0.122. The molecule has 0 aliphatic carbocycles. The van der Waals surface area contributed by atoms with Gasteiger partial charge in [-0.1, -0.05) is 42.0 Å². The highest BCUT2D eigenvalue weighted by atomic mass is 19.1. The number of amides is 1. The van der Waals surface area contributed by atoms with E-state index in [1.165, 1.54) is 23.3 Å². The summed E-state index contributed by atoms with van der Waals surface area (Å²) in [7, 11) is 1.77. The highest BCUT2D eigenvalue weighted by molar-refractivity contribution is 5.81. The number of likely N-dealkylation sites (N-methyl/N-ethyl adjacent to an activating group) is 1. The van der Waals surface area contributed by atoms with Crippen LogP contribution in [0.2, 0.25) is 0 Å². The molecule has 2 rings (SSSR count). The zero-order valence-electron chi connectivity index (χ0n) is 15.2. The molecule has 0 aliphatic rings. The third kappa shape index (κ3) is 5.68. The van der Waals surface area contributed by atoms with Gasteiger partial charge < -0.3 is 10.6 Å². The van der Waals surface area contributed by atoms with Crippen molar-refractivity contribution in [3.8, 4) is 0 Å². The molecule has 0 bridgehead atoms.